The fourth-order valence-corrected chi connectivity index (χ4v) is 3.28. The summed E-state index contributed by atoms with van der Waals surface area (Å²) >= 11 is 0. The third kappa shape index (κ3) is 5.75. The van der Waals surface area contributed by atoms with Crippen LogP contribution in [0.2, 0.25) is 5.82 Å². The molecule has 0 aromatic rings. The van der Waals surface area contributed by atoms with Gasteiger partial charge in [0, 0.05) is 0 Å². The van der Waals surface area contributed by atoms with Crippen LogP contribution in [-0.4, -0.2) is 17.2 Å². The minimum absolute atomic E-state index is 0.0701. The molecule has 1 aliphatic rings. The fourth-order valence-electron chi connectivity index (χ4n) is 3.28. The van der Waals surface area contributed by atoms with Gasteiger partial charge in [0.25, 0.3) is 0 Å². The summed E-state index contributed by atoms with van der Waals surface area (Å²) < 4.78 is 0. The van der Waals surface area contributed by atoms with Gasteiger partial charge in [-0.25, -0.2) is 0 Å². The molecule has 2 N–H and O–H groups in total. The molecule has 3 unspecified atom stereocenters. The third-order valence-electron chi connectivity index (χ3n) is 4.90. The second kappa shape index (κ2) is 8.98. The Morgan fingerprint density at radius 3 is 1.67 bits per heavy atom. The smallest absolute Gasteiger partial charge is 0.427 e. The topological polar surface area (TPSA) is 40.5 Å². The van der Waals surface area contributed by atoms with E-state index < -0.39 is 7.12 Å². The van der Waals surface area contributed by atoms with Crippen molar-refractivity contribution in [3.63, 3.8) is 0 Å². The maximum Gasteiger partial charge on any atom is 0.455 e. The lowest BCUT2D eigenvalue weighted by Gasteiger charge is -2.28. The quantitative estimate of drug-likeness (QED) is 0.694. The standard InChI is InChI=1S/C15H31BO2/c1-13-11-9-7-5-3-4-6-8-10-12-15(14(13)2)16(17)18/h13-15,17-18H,3-12H2,1-2H3. The number of hydrogen-bond acceptors (Lipinski definition) is 2. The van der Waals surface area contributed by atoms with E-state index in [-0.39, 0.29) is 5.82 Å². The maximum atomic E-state index is 9.58. The molecule has 0 aromatic carbocycles. The van der Waals surface area contributed by atoms with E-state index in [0.29, 0.717) is 11.8 Å². The predicted octanol–water partition coefficient (Wildman–Crippen LogP) is 4.02. The van der Waals surface area contributed by atoms with E-state index in [0.717, 1.165) is 12.8 Å². The first kappa shape index (κ1) is 16.0. The SMILES string of the molecule is CC1CCCCCCCCCCC(B(O)O)C1C. The van der Waals surface area contributed by atoms with Gasteiger partial charge in [-0.15, -0.1) is 0 Å². The van der Waals surface area contributed by atoms with Crippen LogP contribution in [0.1, 0.15) is 78.1 Å². The summed E-state index contributed by atoms with van der Waals surface area (Å²) in [4.78, 5) is 0. The Hall–Kier alpha value is -0.0151. The highest BCUT2D eigenvalue weighted by Gasteiger charge is 2.31. The zero-order chi connectivity index (χ0) is 13.4. The average Bonchev–Trinajstić information content (AvgIpc) is 2.35. The first-order valence-corrected chi connectivity index (χ1v) is 7.99. The zero-order valence-corrected chi connectivity index (χ0v) is 12.3. The largest absolute Gasteiger partial charge is 0.455 e. The molecule has 0 aromatic heterocycles. The molecule has 1 fully saturated rings. The monoisotopic (exact) mass is 254 g/mol. The van der Waals surface area contributed by atoms with Crippen molar-refractivity contribution in [3.8, 4) is 0 Å². The molecule has 0 spiro atoms. The lowest BCUT2D eigenvalue weighted by atomic mass is 9.60. The molecule has 1 rings (SSSR count). The molecule has 1 saturated carbocycles. The Morgan fingerprint density at radius 1 is 0.722 bits per heavy atom. The molecule has 0 aliphatic heterocycles. The summed E-state index contributed by atoms with van der Waals surface area (Å²) in [6, 6.07) is 0. The van der Waals surface area contributed by atoms with Crippen molar-refractivity contribution in [3.05, 3.63) is 0 Å². The molecule has 0 saturated heterocycles. The van der Waals surface area contributed by atoms with Crippen LogP contribution < -0.4 is 0 Å². The van der Waals surface area contributed by atoms with Gasteiger partial charge in [0.05, 0.1) is 0 Å². The van der Waals surface area contributed by atoms with Gasteiger partial charge in [-0.3, -0.25) is 0 Å². The summed E-state index contributed by atoms with van der Waals surface area (Å²) in [7, 11) is -1.13. The molecule has 1 aliphatic carbocycles. The van der Waals surface area contributed by atoms with Crippen molar-refractivity contribution in [2.45, 2.75) is 83.9 Å². The molecule has 3 atom stereocenters. The van der Waals surface area contributed by atoms with Gasteiger partial charge in [0.15, 0.2) is 0 Å². The molecule has 2 nitrogen and oxygen atoms in total. The van der Waals surface area contributed by atoms with Gasteiger partial charge >= 0.3 is 7.12 Å². The fraction of sp³-hybridized carbons (Fsp3) is 1.00. The molecule has 106 valence electrons. The second-order valence-electron chi connectivity index (χ2n) is 6.32. The summed E-state index contributed by atoms with van der Waals surface area (Å²) in [6.07, 6.45) is 12.7. The van der Waals surface area contributed by atoms with Crippen LogP contribution in [-0.2, 0) is 0 Å². The Bertz CT molecular complexity index is 209. The third-order valence-corrected chi connectivity index (χ3v) is 4.90. The predicted molar refractivity (Wildman–Crippen MR) is 78.4 cm³/mol. The molecule has 18 heavy (non-hydrogen) atoms. The maximum absolute atomic E-state index is 9.58. The van der Waals surface area contributed by atoms with Crippen LogP contribution in [0.5, 0.6) is 0 Å². The van der Waals surface area contributed by atoms with Crippen LogP contribution in [0.3, 0.4) is 0 Å². The highest BCUT2D eigenvalue weighted by molar-refractivity contribution is 6.43. The van der Waals surface area contributed by atoms with Gasteiger partial charge in [-0.2, -0.15) is 0 Å². The van der Waals surface area contributed by atoms with Crippen LogP contribution >= 0.6 is 0 Å². The molecule has 0 amide bonds. The normalized spacial score (nSPS) is 33.0. The molecule has 0 bridgehead atoms. The van der Waals surface area contributed by atoms with E-state index in [2.05, 4.69) is 13.8 Å². The van der Waals surface area contributed by atoms with E-state index in [1.54, 1.807) is 0 Å². The Balaban J connectivity index is 2.53. The van der Waals surface area contributed by atoms with Crippen molar-refractivity contribution >= 4 is 7.12 Å². The molecule has 0 radical (unpaired) electrons. The number of hydrogen-bond donors (Lipinski definition) is 2. The van der Waals surface area contributed by atoms with Gasteiger partial charge in [-0.1, -0.05) is 78.1 Å². The van der Waals surface area contributed by atoms with E-state index in [9.17, 15) is 10.0 Å². The van der Waals surface area contributed by atoms with E-state index >= 15 is 0 Å². The summed E-state index contributed by atoms with van der Waals surface area (Å²) in [5.74, 6) is 1.10. The zero-order valence-electron chi connectivity index (χ0n) is 12.3. The van der Waals surface area contributed by atoms with Gasteiger partial charge < -0.3 is 10.0 Å². The van der Waals surface area contributed by atoms with Crippen molar-refractivity contribution in [2.24, 2.45) is 11.8 Å². The van der Waals surface area contributed by atoms with Crippen molar-refractivity contribution in [1.29, 1.82) is 0 Å². The van der Waals surface area contributed by atoms with Crippen LogP contribution in [0.15, 0.2) is 0 Å². The minimum Gasteiger partial charge on any atom is -0.427 e. The van der Waals surface area contributed by atoms with Crippen LogP contribution in [0.4, 0.5) is 0 Å². The highest BCUT2D eigenvalue weighted by atomic mass is 16.4. The van der Waals surface area contributed by atoms with Crippen LogP contribution in [0, 0.1) is 11.8 Å². The van der Waals surface area contributed by atoms with Gasteiger partial charge in [-0.05, 0) is 17.7 Å². The first-order valence-electron chi connectivity index (χ1n) is 7.99. The second-order valence-corrected chi connectivity index (χ2v) is 6.32. The first-order chi connectivity index (χ1) is 8.63. The molecule has 3 heteroatoms. The summed E-state index contributed by atoms with van der Waals surface area (Å²) in [5, 5.41) is 19.2. The summed E-state index contributed by atoms with van der Waals surface area (Å²) in [6.45, 7) is 4.48. The van der Waals surface area contributed by atoms with Crippen molar-refractivity contribution in [1.82, 2.24) is 0 Å². The van der Waals surface area contributed by atoms with Crippen molar-refractivity contribution < 1.29 is 10.0 Å². The molecular weight excluding hydrogens is 223 g/mol. The number of rotatable bonds is 1. The van der Waals surface area contributed by atoms with Crippen LogP contribution in [0.25, 0.3) is 0 Å². The van der Waals surface area contributed by atoms with Gasteiger partial charge in [0.2, 0.25) is 0 Å². The average molecular weight is 254 g/mol. The van der Waals surface area contributed by atoms with Gasteiger partial charge in [0.1, 0.15) is 0 Å². The van der Waals surface area contributed by atoms with E-state index in [1.807, 2.05) is 0 Å². The lowest BCUT2D eigenvalue weighted by Crippen LogP contribution is -2.29. The Kier molecular flexibility index (Phi) is 8.00. The highest BCUT2D eigenvalue weighted by Crippen LogP contribution is 2.34. The Morgan fingerprint density at radius 2 is 1.17 bits per heavy atom. The van der Waals surface area contributed by atoms with E-state index in [1.165, 1.54) is 51.4 Å². The molecule has 0 heterocycles. The summed E-state index contributed by atoms with van der Waals surface area (Å²) in [5.41, 5.74) is 0. The Labute approximate surface area is 113 Å². The molecular formula is C15H31BO2. The van der Waals surface area contributed by atoms with E-state index in [4.69, 9.17) is 0 Å². The lowest BCUT2D eigenvalue weighted by molar-refractivity contribution is 0.276. The minimum atomic E-state index is -1.13. The van der Waals surface area contributed by atoms with Crippen molar-refractivity contribution in [2.75, 3.05) is 0 Å².